The van der Waals surface area contributed by atoms with E-state index < -0.39 is 21.2 Å². The SMILES string of the molecule is COc1nc(C)nc(N(C(N)=O)S(=O)(=O)Cl)n1. The second-order valence-electron chi connectivity index (χ2n) is 2.71. The summed E-state index contributed by atoms with van der Waals surface area (Å²) >= 11 is 0. The van der Waals surface area contributed by atoms with E-state index in [-0.39, 0.29) is 16.1 Å². The highest BCUT2D eigenvalue weighted by Crippen LogP contribution is 2.17. The van der Waals surface area contributed by atoms with Crippen LogP contribution in [0, 0.1) is 6.92 Å². The Kier molecular flexibility index (Phi) is 3.68. The number of primary amides is 1. The van der Waals surface area contributed by atoms with Crippen molar-refractivity contribution >= 4 is 31.9 Å². The highest BCUT2D eigenvalue weighted by Gasteiger charge is 2.29. The van der Waals surface area contributed by atoms with Gasteiger partial charge >= 0.3 is 21.3 Å². The molecule has 0 atom stereocenters. The predicted molar refractivity (Wildman–Crippen MR) is 58.0 cm³/mol. The second kappa shape index (κ2) is 4.67. The van der Waals surface area contributed by atoms with E-state index in [9.17, 15) is 13.2 Å². The fourth-order valence-corrected chi connectivity index (χ4v) is 1.81. The zero-order valence-electron chi connectivity index (χ0n) is 8.79. The van der Waals surface area contributed by atoms with Crippen LogP contribution in [0.1, 0.15) is 5.82 Å². The van der Waals surface area contributed by atoms with Gasteiger partial charge < -0.3 is 10.5 Å². The van der Waals surface area contributed by atoms with E-state index in [2.05, 4.69) is 15.0 Å². The van der Waals surface area contributed by atoms with Crippen molar-refractivity contribution < 1.29 is 17.9 Å². The minimum atomic E-state index is -4.44. The van der Waals surface area contributed by atoms with E-state index in [0.717, 1.165) is 0 Å². The van der Waals surface area contributed by atoms with Gasteiger partial charge in [-0.15, -0.1) is 4.31 Å². The first-order chi connectivity index (χ1) is 7.75. The number of aryl methyl sites for hydroxylation is 1. The van der Waals surface area contributed by atoms with Crippen LogP contribution in [0.5, 0.6) is 6.01 Å². The number of urea groups is 1. The number of aromatic nitrogens is 3. The smallest absolute Gasteiger partial charge is 0.336 e. The summed E-state index contributed by atoms with van der Waals surface area (Å²) in [6.07, 6.45) is 0. The van der Waals surface area contributed by atoms with Crippen molar-refractivity contribution in [3.8, 4) is 6.01 Å². The van der Waals surface area contributed by atoms with Gasteiger partial charge in [0.1, 0.15) is 5.82 Å². The van der Waals surface area contributed by atoms with Crippen LogP contribution in [0.4, 0.5) is 10.7 Å². The van der Waals surface area contributed by atoms with Gasteiger partial charge in [-0.05, 0) is 6.92 Å². The number of carbonyl (C=O) groups is 1. The summed E-state index contributed by atoms with van der Waals surface area (Å²) in [5, 5.41) is 0. The molecule has 0 unspecified atom stereocenters. The fraction of sp³-hybridized carbons (Fsp3) is 0.333. The number of nitrogens with two attached hydrogens (primary N) is 1. The Bertz CT molecular complexity index is 547. The average molecular weight is 282 g/mol. The Labute approximate surface area is 101 Å². The predicted octanol–water partition coefficient (Wildman–Crippen LogP) is -0.443. The van der Waals surface area contributed by atoms with Crippen LogP contribution in [0.3, 0.4) is 0 Å². The Morgan fingerprint density at radius 2 is 2.00 bits per heavy atom. The van der Waals surface area contributed by atoms with Gasteiger partial charge in [-0.1, -0.05) is 0 Å². The zero-order valence-corrected chi connectivity index (χ0v) is 10.4. The van der Waals surface area contributed by atoms with Gasteiger partial charge in [0.15, 0.2) is 0 Å². The van der Waals surface area contributed by atoms with E-state index >= 15 is 0 Å². The van der Waals surface area contributed by atoms with E-state index in [4.69, 9.17) is 21.2 Å². The Morgan fingerprint density at radius 3 is 2.41 bits per heavy atom. The lowest BCUT2D eigenvalue weighted by molar-refractivity contribution is 0.256. The van der Waals surface area contributed by atoms with Gasteiger partial charge in [0, 0.05) is 10.7 Å². The number of amides is 2. The number of hydrogen-bond acceptors (Lipinski definition) is 7. The molecule has 0 aliphatic rings. The van der Waals surface area contributed by atoms with Gasteiger partial charge in [-0.3, -0.25) is 0 Å². The molecule has 0 saturated carbocycles. The lowest BCUT2D eigenvalue weighted by Crippen LogP contribution is -2.39. The van der Waals surface area contributed by atoms with Crippen LogP contribution < -0.4 is 14.8 Å². The van der Waals surface area contributed by atoms with Crippen LogP contribution in [-0.4, -0.2) is 36.5 Å². The molecule has 0 aliphatic carbocycles. The first kappa shape index (κ1) is 13.4. The van der Waals surface area contributed by atoms with Crippen molar-refractivity contribution in [1.82, 2.24) is 15.0 Å². The summed E-state index contributed by atoms with van der Waals surface area (Å²) < 4.78 is 27.0. The normalized spacial score (nSPS) is 11.0. The van der Waals surface area contributed by atoms with Crippen LogP contribution in [0.15, 0.2) is 0 Å². The molecule has 9 nitrogen and oxygen atoms in total. The molecule has 0 bridgehead atoms. The summed E-state index contributed by atoms with van der Waals surface area (Å²) in [6, 6.07) is -1.51. The number of ether oxygens (including phenoxy) is 1. The minimum Gasteiger partial charge on any atom is -0.467 e. The quantitative estimate of drug-likeness (QED) is 0.743. The summed E-state index contributed by atoms with van der Waals surface area (Å²) in [5.41, 5.74) is 4.88. The summed E-state index contributed by atoms with van der Waals surface area (Å²) in [4.78, 5) is 21.9. The molecule has 94 valence electrons. The number of anilines is 1. The van der Waals surface area contributed by atoms with Gasteiger partial charge in [0.2, 0.25) is 0 Å². The third kappa shape index (κ3) is 3.14. The number of methoxy groups -OCH3 is 1. The Hall–Kier alpha value is -1.68. The second-order valence-corrected chi connectivity index (χ2v) is 5.07. The molecule has 2 amide bonds. The molecule has 17 heavy (non-hydrogen) atoms. The summed E-state index contributed by atoms with van der Waals surface area (Å²) in [6.45, 7) is 1.45. The van der Waals surface area contributed by atoms with Gasteiger partial charge in [0.25, 0.3) is 5.95 Å². The van der Waals surface area contributed by atoms with Crippen LogP contribution in [0.25, 0.3) is 0 Å². The van der Waals surface area contributed by atoms with Gasteiger partial charge in [0.05, 0.1) is 7.11 Å². The molecule has 0 spiro atoms. The summed E-state index contributed by atoms with van der Waals surface area (Å²) in [7, 11) is 1.86. The Morgan fingerprint density at radius 1 is 1.41 bits per heavy atom. The molecule has 11 heteroatoms. The molecule has 0 fully saturated rings. The third-order valence-electron chi connectivity index (χ3n) is 1.50. The lowest BCUT2D eigenvalue weighted by Gasteiger charge is -2.14. The fourth-order valence-electron chi connectivity index (χ4n) is 0.929. The first-order valence-electron chi connectivity index (χ1n) is 4.06. The van der Waals surface area contributed by atoms with Gasteiger partial charge in [-0.25, -0.2) is 4.79 Å². The molecule has 1 aromatic rings. The zero-order chi connectivity index (χ0) is 13.2. The molecule has 0 aliphatic heterocycles. The van der Waals surface area contributed by atoms with Crippen LogP contribution in [0.2, 0.25) is 0 Å². The van der Waals surface area contributed by atoms with Crippen molar-refractivity contribution in [2.75, 3.05) is 11.4 Å². The van der Waals surface area contributed by atoms with Crippen molar-refractivity contribution in [3.63, 3.8) is 0 Å². The number of rotatable bonds is 3. The topological polar surface area (TPSA) is 128 Å². The van der Waals surface area contributed by atoms with E-state index in [1.165, 1.54) is 14.0 Å². The minimum absolute atomic E-state index is 0.0335. The molecule has 0 saturated heterocycles. The van der Waals surface area contributed by atoms with Gasteiger partial charge in [-0.2, -0.15) is 23.4 Å². The molecular formula is C6H8ClN5O4S. The highest BCUT2D eigenvalue weighted by molar-refractivity contribution is 8.15. The number of nitrogens with zero attached hydrogens (tertiary/aromatic N) is 4. The van der Waals surface area contributed by atoms with Crippen molar-refractivity contribution in [3.05, 3.63) is 5.82 Å². The average Bonchev–Trinajstić information content (AvgIpc) is 2.13. The summed E-state index contributed by atoms with van der Waals surface area (Å²) in [5.74, 6) is -0.393. The molecule has 1 aromatic heterocycles. The standard InChI is InChI=1S/C6H8ClN5O4S/c1-3-9-5(11-6(10-3)16-2)12(4(8)13)17(7,14)15/h1-2H3,(H2,8,13). The number of halogens is 1. The van der Waals surface area contributed by atoms with Crippen molar-refractivity contribution in [2.45, 2.75) is 6.92 Å². The molecule has 0 aromatic carbocycles. The van der Waals surface area contributed by atoms with Crippen LogP contribution >= 0.6 is 10.7 Å². The van der Waals surface area contributed by atoms with Crippen molar-refractivity contribution in [1.29, 1.82) is 0 Å². The molecular weight excluding hydrogens is 274 g/mol. The molecule has 1 rings (SSSR count). The molecule has 1 heterocycles. The molecule has 2 N–H and O–H groups in total. The van der Waals surface area contributed by atoms with E-state index in [1.807, 2.05) is 0 Å². The van der Waals surface area contributed by atoms with E-state index in [1.54, 1.807) is 0 Å². The molecule has 0 radical (unpaired) electrons. The van der Waals surface area contributed by atoms with Crippen LogP contribution in [-0.2, 0) is 9.24 Å². The maximum absolute atomic E-state index is 11.1. The largest absolute Gasteiger partial charge is 0.467 e. The lowest BCUT2D eigenvalue weighted by atomic mass is 10.7. The maximum Gasteiger partial charge on any atom is 0.336 e. The Balaban J connectivity index is 3.39. The first-order valence-corrected chi connectivity index (χ1v) is 6.33. The van der Waals surface area contributed by atoms with E-state index in [0.29, 0.717) is 0 Å². The highest BCUT2D eigenvalue weighted by atomic mass is 35.7. The maximum atomic E-state index is 11.1. The monoisotopic (exact) mass is 281 g/mol. The van der Waals surface area contributed by atoms with Crippen molar-refractivity contribution in [2.24, 2.45) is 5.73 Å². The number of carbonyl (C=O) groups excluding carboxylic acids is 1. The third-order valence-corrected chi connectivity index (χ3v) is 2.69. The number of hydrogen-bond donors (Lipinski definition) is 1.